The van der Waals surface area contributed by atoms with E-state index in [1.807, 2.05) is 0 Å². The summed E-state index contributed by atoms with van der Waals surface area (Å²) in [6.45, 7) is 6.71. The standard InChI is InChI=1S/C15H24N2/c1-3-6-13-7-4-5-8-15(13)17-10-9-14(16)12(2)11-17/h4-5,7-8,12,14H,3,6,9-11,16H2,1-2H3. The molecule has 17 heavy (non-hydrogen) atoms. The first-order chi connectivity index (χ1) is 8.22. The highest BCUT2D eigenvalue weighted by molar-refractivity contribution is 5.54. The van der Waals surface area contributed by atoms with Crippen LogP contribution in [0.15, 0.2) is 24.3 Å². The number of hydrogen-bond donors (Lipinski definition) is 1. The zero-order valence-electron chi connectivity index (χ0n) is 11.0. The van der Waals surface area contributed by atoms with Crippen LogP contribution in [0.3, 0.4) is 0 Å². The van der Waals surface area contributed by atoms with Crippen molar-refractivity contribution in [3.05, 3.63) is 29.8 Å². The highest BCUT2D eigenvalue weighted by Crippen LogP contribution is 2.26. The Labute approximate surface area is 105 Å². The maximum absolute atomic E-state index is 6.09. The molecule has 1 aromatic rings. The third-order valence-corrected chi connectivity index (χ3v) is 3.82. The lowest BCUT2D eigenvalue weighted by atomic mass is 9.93. The average molecular weight is 232 g/mol. The minimum Gasteiger partial charge on any atom is -0.371 e. The van der Waals surface area contributed by atoms with Crippen LogP contribution in [0.25, 0.3) is 0 Å². The fourth-order valence-corrected chi connectivity index (χ4v) is 2.68. The normalized spacial score (nSPS) is 25.0. The fraction of sp³-hybridized carbons (Fsp3) is 0.600. The molecule has 0 aromatic heterocycles. The van der Waals surface area contributed by atoms with Gasteiger partial charge in [0.05, 0.1) is 0 Å². The van der Waals surface area contributed by atoms with Crippen LogP contribution in [0.2, 0.25) is 0 Å². The third-order valence-electron chi connectivity index (χ3n) is 3.82. The Hall–Kier alpha value is -1.02. The molecule has 0 aliphatic carbocycles. The van der Waals surface area contributed by atoms with E-state index in [9.17, 15) is 0 Å². The second-order valence-corrected chi connectivity index (χ2v) is 5.25. The van der Waals surface area contributed by atoms with E-state index >= 15 is 0 Å². The van der Waals surface area contributed by atoms with Crippen LogP contribution in [0, 0.1) is 5.92 Å². The Bertz CT molecular complexity index is 362. The summed E-state index contributed by atoms with van der Waals surface area (Å²) in [7, 11) is 0. The van der Waals surface area contributed by atoms with Crippen LogP contribution in [0.1, 0.15) is 32.3 Å². The number of piperidine rings is 1. The Balaban J connectivity index is 2.16. The molecule has 2 unspecified atom stereocenters. The number of anilines is 1. The van der Waals surface area contributed by atoms with Gasteiger partial charge >= 0.3 is 0 Å². The van der Waals surface area contributed by atoms with Gasteiger partial charge in [-0.25, -0.2) is 0 Å². The lowest BCUT2D eigenvalue weighted by Crippen LogP contribution is -2.46. The molecule has 2 N–H and O–H groups in total. The molecule has 2 rings (SSSR count). The summed E-state index contributed by atoms with van der Waals surface area (Å²) in [6.07, 6.45) is 3.49. The smallest absolute Gasteiger partial charge is 0.0398 e. The van der Waals surface area contributed by atoms with E-state index in [0.29, 0.717) is 12.0 Å². The maximum Gasteiger partial charge on any atom is 0.0398 e. The zero-order valence-corrected chi connectivity index (χ0v) is 11.0. The van der Waals surface area contributed by atoms with Gasteiger partial charge in [-0.2, -0.15) is 0 Å². The summed E-state index contributed by atoms with van der Waals surface area (Å²) in [5.74, 6) is 0.596. The monoisotopic (exact) mass is 232 g/mol. The summed E-state index contributed by atoms with van der Waals surface area (Å²) in [5, 5.41) is 0. The molecule has 0 saturated carbocycles. The predicted molar refractivity (Wildman–Crippen MR) is 74.4 cm³/mol. The maximum atomic E-state index is 6.09. The lowest BCUT2D eigenvalue weighted by Gasteiger charge is -2.37. The molecule has 0 radical (unpaired) electrons. The van der Waals surface area contributed by atoms with Gasteiger partial charge in [0.1, 0.15) is 0 Å². The van der Waals surface area contributed by atoms with Crippen molar-refractivity contribution in [1.82, 2.24) is 0 Å². The van der Waals surface area contributed by atoms with Crippen LogP contribution in [0.4, 0.5) is 5.69 Å². The molecule has 1 fully saturated rings. The van der Waals surface area contributed by atoms with Crippen molar-refractivity contribution in [2.24, 2.45) is 11.7 Å². The Morgan fingerprint density at radius 1 is 1.35 bits per heavy atom. The van der Waals surface area contributed by atoms with Crippen molar-refractivity contribution in [1.29, 1.82) is 0 Å². The van der Waals surface area contributed by atoms with Gasteiger partial charge in [0.15, 0.2) is 0 Å². The fourth-order valence-electron chi connectivity index (χ4n) is 2.68. The average Bonchev–Trinajstić information content (AvgIpc) is 2.34. The number of para-hydroxylation sites is 1. The van der Waals surface area contributed by atoms with Gasteiger partial charge in [0, 0.05) is 24.8 Å². The highest BCUT2D eigenvalue weighted by atomic mass is 15.1. The number of benzene rings is 1. The van der Waals surface area contributed by atoms with Gasteiger partial charge in [0.2, 0.25) is 0 Å². The summed E-state index contributed by atoms with van der Waals surface area (Å²) in [6, 6.07) is 9.19. The quantitative estimate of drug-likeness (QED) is 0.868. The number of nitrogens with two attached hydrogens (primary N) is 1. The van der Waals surface area contributed by atoms with E-state index in [1.54, 1.807) is 0 Å². The van der Waals surface area contributed by atoms with Gasteiger partial charge < -0.3 is 10.6 Å². The van der Waals surface area contributed by atoms with Gasteiger partial charge in [-0.15, -0.1) is 0 Å². The molecule has 0 amide bonds. The molecule has 94 valence electrons. The SMILES string of the molecule is CCCc1ccccc1N1CCC(N)C(C)C1. The van der Waals surface area contributed by atoms with Gasteiger partial charge in [-0.05, 0) is 30.4 Å². The Morgan fingerprint density at radius 2 is 2.12 bits per heavy atom. The topological polar surface area (TPSA) is 29.3 Å². The number of hydrogen-bond acceptors (Lipinski definition) is 2. The van der Waals surface area contributed by atoms with Gasteiger partial charge in [-0.1, -0.05) is 38.5 Å². The Morgan fingerprint density at radius 3 is 2.82 bits per heavy atom. The second-order valence-electron chi connectivity index (χ2n) is 5.25. The molecule has 2 nitrogen and oxygen atoms in total. The first-order valence-electron chi connectivity index (χ1n) is 6.80. The van der Waals surface area contributed by atoms with E-state index in [2.05, 4.69) is 43.0 Å². The van der Waals surface area contributed by atoms with Crippen molar-refractivity contribution in [2.75, 3.05) is 18.0 Å². The van der Waals surface area contributed by atoms with Crippen molar-refractivity contribution in [3.63, 3.8) is 0 Å². The summed E-state index contributed by atoms with van der Waals surface area (Å²) in [5.41, 5.74) is 9.00. The molecular weight excluding hydrogens is 208 g/mol. The van der Waals surface area contributed by atoms with Crippen LogP contribution in [0.5, 0.6) is 0 Å². The van der Waals surface area contributed by atoms with E-state index < -0.39 is 0 Å². The van der Waals surface area contributed by atoms with Crippen molar-refractivity contribution in [3.8, 4) is 0 Å². The molecular formula is C15H24N2. The van der Waals surface area contributed by atoms with Crippen LogP contribution < -0.4 is 10.6 Å². The van der Waals surface area contributed by atoms with Crippen molar-refractivity contribution >= 4 is 5.69 Å². The zero-order chi connectivity index (χ0) is 12.3. The Kier molecular flexibility index (Phi) is 4.06. The third kappa shape index (κ3) is 2.81. The molecule has 1 aliphatic heterocycles. The van der Waals surface area contributed by atoms with E-state index in [4.69, 9.17) is 5.73 Å². The summed E-state index contributed by atoms with van der Waals surface area (Å²) in [4.78, 5) is 2.51. The molecule has 0 spiro atoms. The summed E-state index contributed by atoms with van der Waals surface area (Å²) < 4.78 is 0. The van der Waals surface area contributed by atoms with E-state index in [-0.39, 0.29) is 0 Å². The minimum atomic E-state index is 0.379. The molecule has 1 saturated heterocycles. The first-order valence-corrected chi connectivity index (χ1v) is 6.80. The highest BCUT2D eigenvalue weighted by Gasteiger charge is 2.24. The van der Waals surface area contributed by atoms with Crippen LogP contribution in [-0.4, -0.2) is 19.1 Å². The lowest BCUT2D eigenvalue weighted by molar-refractivity contribution is 0.382. The van der Waals surface area contributed by atoms with Gasteiger partial charge in [0.25, 0.3) is 0 Å². The summed E-state index contributed by atoms with van der Waals surface area (Å²) >= 11 is 0. The van der Waals surface area contributed by atoms with Gasteiger partial charge in [-0.3, -0.25) is 0 Å². The molecule has 2 heteroatoms. The molecule has 1 aromatic carbocycles. The number of nitrogens with zero attached hydrogens (tertiary/aromatic N) is 1. The van der Waals surface area contributed by atoms with Crippen molar-refractivity contribution < 1.29 is 0 Å². The molecule has 1 heterocycles. The van der Waals surface area contributed by atoms with Crippen LogP contribution in [-0.2, 0) is 6.42 Å². The van der Waals surface area contributed by atoms with Crippen LogP contribution >= 0.6 is 0 Å². The van der Waals surface area contributed by atoms with Crippen molar-refractivity contribution in [2.45, 2.75) is 39.2 Å². The second kappa shape index (κ2) is 5.54. The van der Waals surface area contributed by atoms with E-state index in [0.717, 1.165) is 19.5 Å². The molecule has 2 atom stereocenters. The number of aryl methyl sites for hydroxylation is 1. The predicted octanol–water partition coefficient (Wildman–Crippen LogP) is 2.81. The molecule has 1 aliphatic rings. The first kappa shape index (κ1) is 12.4. The molecule has 0 bridgehead atoms. The minimum absolute atomic E-state index is 0.379. The number of rotatable bonds is 3. The largest absolute Gasteiger partial charge is 0.371 e. The van der Waals surface area contributed by atoms with E-state index in [1.165, 1.54) is 24.1 Å².